The lowest BCUT2D eigenvalue weighted by Crippen LogP contribution is -2.50. The second-order valence-corrected chi connectivity index (χ2v) is 10.5. The highest BCUT2D eigenvalue weighted by atomic mass is 35.5. The van der Waals surface area contributed by atoms with E-state index in [1.807, 2.05) is 30.3 Å². The number of benzene rings is 2. The van der Waals surface area contributed by atoms with E-state index in [0.29, 0.717) is 22.3 Å². The van der Waals surface area contributed by atoms with Crippen LogP contribution in [0.2, 0.25) is 10.0 Å². The summed E-state index contributed by atoms with van der Waals surface area (Å²) in [6, 6.07) is 12.6. The van der Waals surface area contributed by atoms with Crippen LogP contribution in [0.1, 0.15) is 50.2 Å². The SMILES string of the molecule is COc1cccc(CN(C(=O)CSCc2ccc(Cl)cc2Cl)[C@H](C)C(=O)NC2CCCCC2)c1. The zero-order valence-electron chi connectivity index (χ0n) is 19.7. The Kier molecular flexibility index (Phi) is 10.4. The molecule has 0 radical (unpaired) electrons. The van der Waals surface area contributed by atoms with Crippen molar-refractivity contribution in [2.75, 3.05) is 12.9 Å². The summed E-state index contributed by atoms with van der Waals surface area (Å²) < 4.78 is 5.33. The second kappa shape index (κ2) is 13.3. The molecular formula is C26H32Cl2N2O3S. The molecule has 8 heteroatoms. The largest absolute Gasteiger partial charge is 0.497 e. The number of halogens is 2. The molecule has 2 amide bonds. The van der Waals surface area contributed by atoms with Gasteiger partial charge < -0.3 is 15.0 Å². The summed E-state index contributed by atoms with van der Waals surface area (Å²) in [7, 11) is 1.61. The summed E-state index contributed by atoms with van der Waals surface area (Å²) in [5, 5.41) is 4.33. The number of carbonyl (C=O) groups excluding carboxylic acids is 2. The smallest absolute Gasteiger partial charge is 0.242 e. The second-order valence-electron chi connectivity index (χ2n) is 8.62. The van der Waals surface area contributed by atoms with Gasteiger partial charge in [-0.25, -0.2) is 0 Å². The van der Waals surface area contributed by atoms with Crippen LogP contribution in [0.15, 0.2) is 42.5 Å². The summed E-state index contributed by atoms with van der Waals surface area (Å²) >= 11 is 13.7. The lowest BCUT2D eigenvalue weighted by atomic mass is 9.95. The molecule has 3 rings (SSSR count). The molecule has 5 nitrogen and oxygen atoms in total. The Bertz CT molecular complexity index is 982. The van der Waals surface area contributed by atoms with E-state index in [0.717, 1.165) is 42.6 Å². The van der Waals surface area contributed by atoms with Gasteiger partial charge in [-0.15, -0.1) is 11.8 Å². The van der Waals surface area contributed by atoms with E-state index in [2.05, 4.69) is 5.32 Å². The molecule has 1 aliphatic rings. The zero-order chi connectivity index (χ0) is 24.5. The third kappa shape index (κ3) is 7.82. The maximum Gasteiger partial charge on any atom is 0.242 e. The number of hydrogen-bond donors (Lipinski definition) is 1. The normalized spacial score (nSPS) is 14.9. The van der Waals surface area contributed by atoms with Crippen LogP contribution in [-0.4, -0.2) is 41.7 Å². The number of nitrogens with zero attached hydrogens (tertiary/aromatic N) is 1. The summed E-state index contributed by atoms with van der Waals surface area (Å²) in [6.07, 6.45) is 5.49. The number of carbonyl (C=O) groups is 2. The number of hydrogen-bond acceptors (Lipinski definition) is 4. The van der Waals surface area contributed by atoms with E-state index >= 15 is 0 Å². The molecule has 1 N–H and O–H groups in total. The van der Waals surface area contributed by atoms with Crippen LogP contribution in [0.3, 0.4) is 0 Å². The third-order valence-electron chi connectivity index (χ3n) is 6.10. The molecular weight excluding hydrogens is 491 g/mol. The molecule has 0 unspecified atom stereocenters. The van der Waals surface area contributed by atoms with Gasteiger partial charge in [0.05, 0.1) is 12.9 Å². The molecule has 1 atom stereocenters. The maximum atomic E-state index is 13.3. The molecule has 0 aliphatic heterocycles. The minimum Gasteiger partial charge on any atom is -0.497 e. The van der Waals surface area contributed by atoms with Crippen molar-refractivity contribution >= 4 is 46.8 Å². The highest BCUT2D eigenvalue weighted by Crippen LogP contribution is 2.25. The van der Waals surface area contributed by atoms with E-state index in [1.54, 1.807) is 31.1 Å². The molecule has 0 spiro atoms. The summed E-state index contributed by atoms with van der Waals surface area (Å²) in [5.74, 6) is 1.34. The first-order valence-electron chi connectivity index (χ1n) is 11.6. The zero-order valence-corrected chi connectivity index (χ0v) is 22.0. The average Bonchev–Trinajstić information content (AvgIpc) is 2.84. The van der Waals surface area contributed by atoms with E-state index < -0.39 is 6.04 Å². The van der Waals surface area contributed by atoms with Crippen LogP contribution in [-0.2, 0) is 21.9 Å². The van der Waals surface area contributed by atoms with Gasteiger partial charge in [-0.05, 0) is 55.2 Å². The maximum absolute atomic E-state index is 13.3. The van der Waals surface area contributed by atoms with E-state index in [-0.39, 0.29) is 23.6 Å². The van der Waals surface area contributed by atoms with Gasteiger partial charge in [-0.2, -0.15) is 0 Å². The topological polar surface area (TPSA) is 58.6 Å². The fraction of sp³-hybridized carbons (Fsp3) is 0.462. The number of rotatable bonds is 10. The van der Waals surface area contributed by atoms with Crippen molar-refractivity contribution in [2.24, 2.45) is 0 Å². The first-order chi connectivity index (χ1) is 16.4. The number of thioether (sulfide) groups is 1. The molecule has 1 aliphatic carbocycles. The fourth-order valence-electron chi connectivity index (χ4n) is 4.09. The molecule has 0 bridgehead atoms. The molecule has 1 saturated carbocycles. The van der Waals surface area contributed by atoms with Gasteiger partial charge in [0.25, 0.3) is 0 Å². The van der Waals surface area contributed by atoms with Crippen molar-refractivity contribution in [3.05, 3.63) is 63.6 Å². The van der Waals surface area contributed by atoms with Crippen molar-refractivity contribution < 1.29 is 14.3 Å². The number of ether oxygens (including phenoxy) is 1. The Balaban J connectivity index is 1.68. The minimum absolute atomic E-state index is 0.0933. The third-order valence-corrected chi connectivity index (χ3v) is 7.66. The molecule has 2 aromatic rings. The Morgan fingerprint density at radius 2 is 1.91 bits per heavy atom. The molecule has 0 aromatic heterocycles. The Hall–Kier alpha value is -1.89. The van der Waals surface area contributed by atoms with Gasteiger partial charge in [0, 0.05) is 28.4 Å². The van der Waals surface area contributed by atoms with E-state index in [9.17, 15) is 9.59 Å². The van der Waals surface area contributed by atoms with Gasteiger partial charge in [-0.1, -0.05) is 60.7 Å². The molecule has 34 heavy (non-hydrogen) atoms. The molecule has 184 valence electrons. The van der Waals surface area contributed by atoms with Crippen molar-refractivity contribution in [3.8, 4) is 5.75 Å². The van der Waals surface area contributed by atoms with E-state index in [4.69, 9.17) is 27.9 Å². The fourth-order valence-corrected chi connectivity index (χ4v) is 5.56. The highest BCUT2D eigenvalue weighted by molar-refractivity contribution is 7.99. The summed E-state index contributed by atoms with van der Waals surface area (Å²) in [5.41, 5.74) is 1.84. The van der Waals surface area contributed by atoms with Crippen LogP contribution >= 0.6 is 35.0 Å². The molecule has 0 saturated heterocycles. The van der Waals surface area contributed by atoms with E-state index in [1.165, 1.54) is 18.2 Å². The van der Waals surface area contributed by atoms with Gasteiger partial charge in [-0.3, -0.25) is 9.59 Å². The van der Waals surface area contributed by atoms with Gasteiger partial charge in [0.1, 0.15) is 11.8 Å². The van der Waals surface area contributed by atoms with Crippen molar-refractivity contribution in [3.63, 3.8) is 0 Å². The Morgan fingerprint density at radius 3 is 2.62 bits per heavy atom. The summed E-state index contributed by atoms with van der Waals surface area (Å²) in [6.45, 7) is 2.13. The Labute approximate surface area is 216 Å². The number of nitrogens with one attached hydrogen (secondary N) is 1. The number of methoxy groups -OCH3 is 1. The summed E-state index contributed by atoms with van der Waals surface area (Å²) in [4.78, 5) is 28.0. The molecule has 1 fully saturated rings. The van der Waals surface area contributed by atoms with Crippen molar-refractivity contribution in [1.82, 2.24) is 10.2 Å². The molecule has 2 aromatic carbocycles. The van der Waals surface area contributed by atoms with Gasteiger partial charge in [0.15, 0.2) is 0 Å². The lowest BCUT2D eigenvalue weighted by Gasteiger charge is -2.31. The minimum atomic E-state index is -0.583. The van der Waals surface area contributed by atoms with Crippen molar-refractivity contribution in [2.45, 2.75) is 63.4 Å². The van der Waals surface area contributed by atoms with Gasteiger partial charge >= 0.3 is 0 Å². The van der Waals surface area contributed by atoms with Crippen LogP contribution in [0.4, 0.5) is 0 Å². The monoisotopic (exact) mass is 522 g/mol. The van der Waals surface area contributed by atoms with Crippen LogP contribution in [0, 0.1) is 0 Å². The average molecular weight is 524 g/mol. The van der Waals surface area contributed by atoms with Gasteiger partial charge in [0.2, 0.25) is 11.8 Å². The first kappa shape index (κ1) is 26.7. The van der Waals surface area contributed by atoms with Crippen molar-refractivity contribution in [1.29, 1.82) is 0 Å². The predicted octanol–water partition coefficient (Wildman–Crippen LogP) is 6.10. The van der Waals surface area contributed by atoms with Crippen LogP contribution in [0.5, 0.6) is 5.75 Å². The van der Waals surface area contributed by atoms with Crippen LogP contribution < -0.4 is 10.1 Å². The number of amides is 2. The Morgan fingerprint density at radius 1 is 1.15 bits per heavy atom. The van der Waals surface area contributed by atoms with Crippen LogP contribution in [0.25, 0.3) is 0 Å². The standard InChI is InChI=1S/C26H32Cl2N2O3S/c1-18(26(32)29-22-8-4-3-5-9-22)30(15-19-7-6-10-23(13-19)33-2)25(31)17-34-16-20-11-12-21(27)14-24(20)28/h6-7,10-14,18,22H,3-5,8-9,15-17H2,1-2H3,(H,29,32)/t18-/m1/s1. The molecule has 0 heterocycles. The quantitative estimate of drug-likeness (QED) is 0.409. The predicted molar refractivity (Wildman–Crippen MR) is 141 cm³/mol. The highest BCUT2D eigenvalue weighted by Gasteiger charge is 2.28. The lowest BCUT2D eigenvalue weighted by molar-refractivity contribution is -0.139. The first-order valence-corrected chi connectivity index (χ1v) is 13.5.